The van der Waals surface area contributed by atoms with Gasteiger partial charge in [0.15, 0.2) is 0 Å². The number of carbonyl (C=O) groups is 2. The fourth-order valence-electron chi connectivity index (χ4n) is 2.48. The van der Waals surface area contributed by atoms with Gasteiger partial charge in [0.25, 0.3) is 0 Å². The third-order valence-electron chi connectivity index (χ3n) is 3.75. The summed E-state index contributed by atoms with van der Waals surface area (Å²) in [6.07, 6.45) is 2.39. The van der Waals surface area contributed by atoms with E-state index in [9.17, 15) is 9.59 Å². The van der Waals surface area contributed by atoms with Crippen molar-refractivity contribution in [3.63, 3.8) is 0 Å². The quantitative estimate of drug-likeness (QED) is 0.861. The smallest absolute Gasteiger partial charge is 0.247 e. The van der Waals surface area contributed by atoms with Crippen molar-refractivity contribution in [3.8, 4) is 0 Å². The molecule has 0 radical (unpaired) electrons. The van der Waals surface area contributed by atoms with Gasteiger partial charge >= 0.3 is 0 Å². The van der Waals surface area contributed by atoms with Crippen LogP contribution in [0.15, 0.2) is 24.3 Å². The third-order valence-corrected chi connectivity index (χ3v) is 3.75. The van der Waals surface area contributed by atoms with Crippen molar-refractivity contribution in [1.29, 1.82) is 0 Å². The minimum Gasteiger partial charge on any atom is -0.333 e. The molecule has 1 aliphatic heterocycles. The van der Waals surface area contributed by atoms with Gasteiger partial charge in [0, 0.05) is 12.2 Å². The predicted octanol–water partition coefficient (Wildman–Crippen LogP) is 2.54. The Hall–Kier alpha value is -1.84. The van der Waals surface area contributed by atoms with Crippen LogP contribution >= 0.6 is 0 Å². The highest BCUT2D eigenvalue weighted by molar-refractivity contribution is 5.96. The Morgan fingerprint density at radius 2 is 1.95 bits per heavy atom. The first-order valence-corrected chi connectivity index (χ1v) is 7.04. The lowest BCUT2D eigenvalue weighted by Crippen LogP contribution is -2.38. The molecule has 0 bridgehead atoms. The molecule has 1 atom stereocenters. The molecule has 1 N–H and O–H groups in total. The van der Waals surface area contributed by atoms with Gasteiger partial charge in [-0.05, 0) is 36.0 Å². The molecular formula is C16H22N2O2. The van der Waals surface area contributed by atoms with E-state index in [1.807, 2.05) is 24.3 Å². The van der Waals surface area contributed by atoms with Crippen LogP contribution in [0.25, 0.3) is 0 Å². The van der Waals surface area contributed by atoms with Gasteiger partial charge in [-0.25, -0.2) is 0 Å². The molecule has 1 aromatic rings. The lowest BCUT2D eigenvalue weighted by atomic mass is 9.87. The summed E-state index contributed by atoms with van der Waals surface area (Å²) in [6, 6.07) is 7.57. The van der Waals surface area contributed by atoms with Crippen molar-refractivity contribution in [2.75, 3.05) is 11.9 Å². The van der Waals surface area contributed by atoms with Crippen LogP contribution in [0.5, 0.6) is 0 Å². The second kappa shape index (κ2) is 5.65. The van der Waals surface area contributed by atoms with Gasteiger partial charge in [0.1, 0.15) is 6.04 Å². The van der Waals surface area contributed by atoms with Crippen molar-refractivity contribution in [3.05, 3.63) is 29.8 Å². The Morgan fingerprint density at radius 3 is 2.50 bits per heavy atom. The molecule has 1 fully saturated rings. The van der Waals surface area contributed by atoms with E-state index in [0.29, 0.717) is 6.54 Å². The van der Waals surface area contributed by atoms with Gasteiger partial charge in [0.05, 0.1) is 0 Å². The standard InChI is InChI=1S/C16H22N2O2/c1-16(2,3)12-6-8-13(9-7-12)17-15(20)14-5-4-10-18(14)11-19/h6-9,11,14H,4-5,10H2,1-3H3,(H,17,20). The molecule has 1 aliphatic rings. The fourth-order valence-corrected chi connectivity index (χ4v) is 2.48. The Morgan fingerprint density at radius 1 is 1.30 bits per heavy atom. The van der Waals surface area contributed by atoms with E-state index in [-0.39, 0.29) is 17.4 Å². The van der Waals surface area contributed by atoms with Gasteiger partial charge in [-0.15, -0.1) is 0 Å². The predicted molar refractivity (Wildman–Crippen MR) is 79.6 cm³/mol. The number of rotatable bonds is 3. The first-order chi connectivity index (χ1) is 9.41. The zero-order chi connectivity index (χ0) is 14.8. The Bertz CT molecular complexity index is 488. The normalized spacial score (nSPS) is 18.9. The number of anilines is 1. The minimum atomic E-state index is -0.324. The van der Waals surface area contributed by atoms with E-state index in [1.54, 1.807) is 4.90 Å². The zero-order valence-corrected chi connectivity index (χ0v) is 12.3. The highest BCUT2D eigenvalue weighted by atomic mass is 16.2. The third kappa shape index (κ3) is 3.18. The fraction of sp³-hybridized carbons (Fsp3) is 0.500. The van der Waals surface area contributed by atoms with Crippen LogP contribution in [0.2, 0.25) is 0 Å². The Balaban J connectivity index is 2.03. The number of nitrogens with zero attached hydrogens (tertiary/aromatic N) is 1. The molecule has 0 aliphatic carbocycles. The lowest BCUT2D eigenvalue weighted by molar-refractivity contribution is -0.127. The number of carbonyl (C=O) groups excluding carboxylic acids is 2. The number of hydrogen-bond acceptors (Lipinski definition) is 2. The van der Waals surface area contributed by atoms with Crippen LogP contribution < -0.4 is 5.32 Å². The number of hydrogen-bond donors (Lipinski definition) is 1. The number of benzene rings is 1. The summed E-state index contributed by atoms with van der Waals surface area (Å²) in [5.41, 5.74) is 2.11. The summed E-state index contributed by atoms with van der Waals surface area (Å²) in [7, 11) is 0. The van der Waals surface area contributed by atoms with Crippen LogP contribution in [-0.4, -0.2) is 29.8 Å². The van der Waals surface area contributed by atoms with Crippen LogP contribution in [0.3, 0.4) is 0 Å². The summed E-state index contributed by atoms with van der Waals surface area (Å²) in [5.74, 6) is -0.0990. The van der Waals surface area contributed by atoms with Crippen molar-refractivity contribution in [2.24, 2.45) is 0 Å². The minimum absolute atomic E-state index is 0.0990. The summed E-state index contributed by atoms with van der Waals surface area (Å²) in [6.45, 7) is 7.13. The van der Waals surface area contributed by atoms with E-state index in [1.165, 1.54) is 5.56 Å². The zero-order valence-electron chi connectivity index (χ0n) is 12.3. The summed E-state index contributed by atoms with van der Waals surface area (Å²) in [5, 5.41) is 2.89. The molecule has 1 aromatic carbocycles. The first kappa shape index (κ1) is 14.6. The van der Waals surface area contributed by atoms with Gasteiger partial charge in [0.2, 0.25) is 12.3 Å². The number of nitrogens with one attached hydrogen (secondary N) is 1. The average Bonchev–Trinajstić information content (AvgIpc) is 2.86. The Kier molecular flexibility index (Phi) is 4.12. The molecule has 2 rings (SSSR count). The van der Waals surface area contributed by atoms with E-state index in [4.69, 9.17) is 0 Å². The second-order valence-electron chi connectivity index (χ2n) is 6.32. The molecule has 108 valence electrons. The van der Waals surface area contributed by atoms with Crippen LogP contribution in [0.4, 0.5) is 5.69 Å². The summed E-state index contributed by atoms with van der Waals surface area (Å²) < 4.78 is 0. The topological polar surface area (TPSA) is 49.4 Å². The van der Waals surface area contributed by atoms with E-state index >= 15 is 0 Å². The van der Waals surface area contributed by atoms with Crippen LogP contribution in [0.1, 0.15) is 39.2 Å². The summed E-state index contributed by atoms with van der Waals surface area (Å²) in [4.78, 5) is 24.6. The second-order valence-corrected chi connectivity index (χ2v) is 6.32. The Labute approximate surface area is 120 Å². The number of likely N-dealkylation sites (tertiary alicyclic amines) is 1. The summed E-state index contributed by atoms with van der Waals surface area (Å²) >= 11 is 0. The molecule has 4 nitrogen and oxygen atoms in total. The van der Waals surface area contributed by atoms with Gasteiger partial charge in [-0.2, -0.15) is 0 Å². The molecule has 0 spiro atoms. The first-order valence-electron chi connectivity index (χ1n) is 7.04. The number of amides is 2. The van der Waals surface area contributed by atoms with Gasteiger partial charge < -0.3 is 10.2 Å². The molecule has 1 saturated heterocycles. The monoisotopic (exact) mass is 274 g/mol. The molecule has 2 amide bonds. The highest BCUT2D eigenvalue weighted by Gasteiger charge is 2.29. The maximum Gasteiger partial charge on any atom is 0.247 e. The molecular weight excluding hydrogens is 252 g/mol. The van der Waals surface area contributed by atoms with E-state index in [0.717, 1.165) is 24.9 Å². The van der Waals surface area contributed by atoms with Gasteiger partial charge in [-0.3, -0.25) is 9.59 Å². The van der Waals surface area contributed by atoms with Crippen molar-refractivity contribution in [2.45, 2.75) is 45.1 Å². The average molecular weight is 274 g/mol. The largest absolute Gasteiger partial charge is 0.333 e. The van der Waals surface area contributed by atoms with Crippen molar-refractivity contribution >= 4 is 18.0 Å². The van der Waals surface area contributed by atoms with Gasteiger partial charge in [-0.1, -0.05) is 32.9 Å². The molecule has 4 heteroatoms. The van der Waals surface area contributed by atoms with E-state index < -0.39 is 0 Å². The molecule has 20 heavy (non-hydrogen) atoms. The molecule has 0 aromatic heterocycles. The van der Waals surface area contributed by atoms with Crippen LogP contribution in [0, 0.1) is 0 Å². The van der Waals surface area contributed by atoms with Crippen LogP contribution in [-0.2, 0) is 15.0 Å². The van der Waals surface area contributed by atoms with Crippen molar-refractivity contribution in [1.82, 2.24) is 4.90 Å². The SMILES string of the molecule is CC(C)(C)c1ccc(NC(=O)C2CCCN2C=O)cc1. The van der Waals surface area contributed by atoms with Crippen molar-refractivity contribution < 1.29 is 9.59 Å². The van der Waals surface area contributed by atoms with E-state index in [2.05, 4.69) is 26.1 Å². The molecule has 1 heterocycles. The lowest BCUT2D eigenvalue weighted by Gasteiger charge is -2.21. The molecule has 1 unspecified atom stereocenters. The maximum atomic E-state index is 12.2. The highest BCUT2D eigenvalue weighted by Crippen LogP contribution is 2.24. The maximum absolute atomic E-state index is 12.2. The molecule has 0 saturated carbocycles.